The van der Waals surface area contributed by atoms with E-state index < -0.39 is 11.4 Å². The van der Waals surface area contributed by atoms with Crippen LogP contribution in [0, 0.1) is 5.82 Å². The lowest BCUT2D eigenvalue weighted by atomic mass is 10.1. The molecule has 0 saturated carbocycles. The van der Waals surface area contributed by atoms with E-state index in [1.165, 1.54) is 6.07 Å². The highest BCUT2D eigenvalue weighted by molar-refractivity contribution is 5.69. The van der Waals surface area contributed by atoms with Gasteiger partial charge in [0.2, 0.25) is 0 Å². The summed E-state index contributed by atoms with van der Waals surface area (Å²) in [6, 6.07) is 2.81. The summed E-state index contributed by atoms with van der Waals surface area (Å²) >= 11 is 0. The average molecular weight is 270 g/mol. The molecule has 1 aromatic rings. The van der Waals surface area contributed by atoms with Gasteiger partial charge in [-0.05, 0) is 27.7 Å². The summed E-state index contributed by atoms with van der Waals surface area (Å²) < 4.78 is 19.1. The minimum absolute atomic E-state index is 0.120. The first kappa shape index (κ1) is 15.6. The van der Waals surface area contributed by atoms with Gasteiger partial charge in [-0.3, -0.25) is 0 Å². The zero-order valence-corrected chi connectivity index (χ0v) is 12.2. The molecule has 0 heterocycles. The fourth-order valence-corrected chi connectivity index (χ4v) is 1.90. The van der Waals surface area contributed by atoms with E-state index in [9.17, 15) is 9.50 Å². The number of aliphatic hydroxyl groups is 1. The van der Waals surface area contributed by atoms with Crippen LogP contribution in [0.25, 0.3) is 0 Å². The van der Waals surface area contributed by atoms with Crippen LogP contribution in [-0.4, -0.2) is 30.4 Å². The number of hydrogen-bond donors (Lipinski definition) is 2. The third kappa shape index (κ3) is 4.59. The standard InChI is InChI=1S/C14H23FN2O2/c1-9(2)19-13-7-12(11(16)6-10(13)15)17(5)8-14(3,4)18/h6-7,9,18H,8,16H2,1-5H3. The summed E-state index contributed by atoms with van der Waals surface area (Å²) in [5, 5.41) is 9.82. The van der Waals surface area contributed by atoms with Crippen LogP contribution in [0.15, 0.2) is 12.1 Å². The summed E-state index contributed by atoms with van der Waals surface area (Å²) in [6.45, 7) is 7.44. The summed E-state index contributed by atoms with van der Waals surface area (Å²) in [5.74, 6) is -0.312. The second-order valence-corrected chi connectivity index (χ2v) is 5.68. The number of rotatable bonds is 5. The van der Waals surface area contributed by atoms with E-state index in [1.54, 1.807) is 31.9 Å². The van der Waals surface area contributed by atoms with Crippen molar-refractivity contribution >= 4 is 11.4 Å². The molecule has 0 amide bonds. The first-order valence-electron chi connectivity index (χ1n) is 6.29. The van der Waals surface area contributed by atoms with Gasteiger partial charge in [0, 0.05) is 25.7 Å². The molecule has 0 atom stereocenters. The quantitative estimate of drug-likeness (QED) is 0.807. The van der Waals surface area contributed by atoms with Crippen molar-refractivity contribution in [2.24, 2.45) is 0 Å². The van der Waals surface area contributed by atoms with Gasteiger partial charge in [-0.15, -0.1) is 0 Å². The Morgan fingerprint density at radius 3 is 2.47 bits per heavy atom. The van der Waals surface area contributed by atoms with Crippen molar-refractivity contribution in [2.75, 3.05) is 24.2 Å². The number of anilines is 2. The van der Waals surface area contributed by atoms with Crippen molar-refractivity contribution in [1.82, 2.24) is 0 Å². The molecule has 3 N–H and O–H groups in total. The summed E-state index contributed by atoms with van der Waals surface area (Å²) in [4.78, 5) is 1.78. The molecule has 0 aliphatic rings. The molecule has 19 heavy (non-hydrogen) atoms. The Morgan fingerprint density at radius 2 is 2.00 bits per heavy atom. The van der Waals surface area contributed by atoms with Crippen LogP contribution in [0.1, 0.15) is 27.7 Å². The van der Waals surface area contributed by atoms with Crippen molar-refractivity contribution in [3.63, 3.8) is 0 Å². The maximum absolute atomic E-state index is 13.7. The fourth-order valence-electron chi connectivity index (χ4n) is 1.90. The Kier molecular flexibility index (Phi) is 4.63. The van der Waals surface area contributed by atoms with Gasteiger partial charge in [-0.1, -0.05) is 0 Å². The third-order valence-electron chi connectivity index (χ3n) is 2.48. The maximum atomic E-state index is 13.7. The van der Waals surface area contributed by atoms with Gasteiger partial charge in [0.1, 0.15) is 0 Å². The molecule has 0 aromatic heterocycles. The van der Waals surface area contributed by atoms with Gasteiger partial charge < -0.3 is 20.5 Å². The topological polar surface area (TPSA) is 58.7 Å². The summed E-state index contributed by atoms with van der Waals surface area (Å²) in [6.07, 6.45) is -0.120. The van der Waals surface area contributed by atoms with Crippen molar-refractivity contribution in [3.8, 4) is 5.75 Å². The molecule has 1 aromatic carbocycles. The Labute approximate surface area is 114 Å². The number of ether oxygens (including phenoxy) is 1. The van der Waals surface area contributed by atoms with Crippen LogP contribution in [0.4, 0.5) is 15.8 Å². The number of nitrogens with zero attached hydrogens (tertiary/aromatic N) is 1. The van der Waals surface area contributed by atoms with Crippen LogP contribution in [-0.2, 0) is 0 Å². The molecule has 1 rings (SSSR count). The number of hydrogen-bond acceptors (Lipinski definition) is 4. The van der Waals surface area contributed by atoms with Gasteiger partial charge in [-0.2, -0.15) is 0 Å². The largest absolute Gasteiger partial charge is 0.488 e. The van der Waals surface area contributed by atoms with Gasteiger partial charge in [0.15, 0.2) is 11.6 Å². The molecular formula is C14H23FN2O2. The molecule has 0 aliphatic carbocycles. The number of likely N-dealkylation sites (N-methyl/N-ethyl adjacent to an activating group) is 1. The minimum atomic E-state index is -0.866. The lowest BCUT2D eigenvalue weighted by molar-refractivity contribution is 0.0886. The Hall–Kier alpha value is -1.49. The molecular weight excluding hydrogens is 247 g/mol. The van der Waals surface area contributed by atoms with E-state index in [4.69, 9.17) is 10.5 Å². The monoisotopic (exact) mass is 270 g/mol. The van der Waals surface area contributed by atoms with Crippen LogP contribution >= 0.6 is 0 Å². The van der Waals surface area contributed by atoms with Crippen molar-refractivity contribution in [3.05, 3.63) is 17.9 Å². The Balaban J connectivity index is 3.06. The van der Waals surface area contributed by atoms with E-state index in [-0.39, 0.29) is 11.9 Å². The first-order chi connectivity index (χ1) is 8.60. The van der Waals surface area contributed by atoms with Gasteiger partial charge in [0.25, 0.3) is 0 Å². The molecule has 0 aliphatic heterocycles. The molecule has 0 bridgehead atoms. The summed E-state index contributed by atoms with van der Waals surface area (Å²) in [7, 11) is 1.79. The van der Waals surface area contributed by atoms with E-state index in [0.29, 0.717) is 17.9 Å². The third-order valence-corrected chi connectivity index (χ3v) is 2.48. The zero-order chi connectivity index (χ0) is 14.8. The molecule has 0 unspecified atom stereocenters. The van der Waals surface area contributed by atoms with Gasteiger partial charge in [0.05, 0.1) is 23.1 Å². The molecule has 0 spiro atoms. The maximum Gasteiger partial charge on any atom is 0.167 e. The Morgan fingerprint density at radius 1 is 1.42 bits per heavy atom. The highest BCUT2D eigenvalue weighted by Crippen LogP contribution is 2.31. The normalized spacial score (nSPS) is 11.8. The first-order valence-corrected chi connectivity index (χ1v) is 6.29. The predicted molar refractivity (Wildman–Crippen MR) is 76.1 cm³/mol. The Bertz CT molecular complexity index is 442. The fraction of sp³-hybridized carbons (Fsp3) is 0.571. The van der Waals surface area contributed by atoms with Crippen molar-refractivity contribution < 1.29 is 14.2 Å². The SMILES string of the molecule is CC(C)Oc1cc(N(C)CC(C)(C)O)c(N)cc1F. The second-order valence-electron chi connectivity index (χ2n) is 5.68. The molecule has 0 fully saturated rings. The number of nitrogen functional groups attached to an aromatic ring is 1. The van der Waals surface area contributed by atoms with Crippen LogP contribution in [0.2, 0.25) is 0 Å². The van der Waals surface area contributed by atoms with E-state index in [1.807, 2.05) is 13.8 Å². The van der Waals surface area contributed by atoms with Crippen molar-refractivity contribution in [1.29, 1.82) is 0 Å². The predicted octanol–water partition coefficient (Wildman–Crippen LogP) is 2.40. The second kappa shape index (κ2) is 5.65. The van der Waals surface area contributed by atoms with Gasteiger partial charge in [-0.25, -0.2) is 4.39 Å². The zero-order valence-electron chi connectivity index (χ0n) is 12.2. The molecule has 5 heteroatoms. The number of nitrogens with two attached hydrogens (primary N) is 1. The van der Waals surface area contributed by atoms with E-state index in [0.717, 1.165) is 0 Å². The van der Waals surface area contributed by atoms with Crippen molar-refractivity contribution in [2.45, 2.75) is 39.4 Å². The molecule has 4 nitrogen and oxygen atoms in total. The lowest BCUT2D eigenvalue weighted by Crippen LogP contribution is -2.36. The summed E-state index contributed by atoms with van der Waals surface area (Å²) in [5.41, 5.74) is 5.91. The van der Waals surface area contributed by atoms with E-state index >= 15 is 0 Å². The van der Waals surface area contributed by atoms with Crippen LogP contribution in [0.3, 0.4) is 0 Å². The van der Waals surface area contributed by atoms with Crippen LogP contribution in [0.5, 0.6) is 5.75 Å². The highest BCUT2D eigenvalue weighted by atomic mass is 19.1. The molecule has 108 valence electrons. The minimum Gasteiger partial charge on any atom is -0.488 e. The van der Waals surface area contributed by atoms with E-state index in [2.05, 4.69) is 0 Å². The molecule has 0 saturated heterocycles. The average Bonchev–Trinajstić information content (AvgIpc) is 2.18. The van der Waals surface area contributed by atoms with Gasteiger partial charge >= 0.3 is 0 Å². The van der Waals surface area contributed by atoms with Crippen LogP contribution < -0.4 is 15.4 Å². The lowest BCUT2D eigenvalue weighted by Gasteiger charge is -2.28. The highest BCUT2D eigenvalue weighted by Gasteiger charge is 2.19. The molecule has 0 radical (unpaired) electrons. The number of halogens is 1. The smallest absolute Gasteiger partial charge is 0.167 e. The number of benzene rings is 1.